The number of morpholine rings is 1. The second-order valence-corrected chi connectivity index (χ2v) is 6.98. The van der Waals surface area contributed by atoms with Crippen molar-refractivity contribution < 1.29 is 9.64 Å². The Bertz CT molecular complexity index is 557. The predicted molar refractivity (Wildman–Crippen MR) is 90.1 cm³/mol. The van der Waals surface area contributed by atoms with Crippen molar-refractivity contribution in [2.75, 3.05) is 31.7 Å². The van der Waals surface area contributed by atoms with Gasteiger partial charge >= 0.3 is 0 Å². The summed E-state index contributed by atoms with van der Waals surface area (Å²) in [5, 5.41) is 4.64. The van der Waals surface area contributed by atoms with Gasteiger partial charge < -0.3 is 9.64 Å². The van der Waals surface area contributed by atoms with Crippen LogP contribution in [-0.4, -0.2) is 32.0 Å². The maximum Gasteiger partial charge on any atom is 0.110 e. The van der Waals surface area contributed by atoms with Gasteiger partial charge in [0.2, 0.25) is 0 Å². The molecule has 0 spiro atoms. The van der Waals surface area contributed by atoms with E-state index in [0.717, 1.165) is 50.5 Å². The van der Waals surface area contributed by atoms with Crippen LogP contribution in [0.2, 0.25) is 0 Å². The minimum Gasteiger partial charge on any atom is -0.370 e. The lowest BCUT2D eigenvalue weighted by atomic mass is 9.78. The lowest BCUT2D eigenvalue weighted by molar-refractivity contribution is -0.871. The Labute approximate surface area is 132 Å². The molecule has 22 heavy (non-hydrogen) atoms. The molecule has 1 aliphatic carbocycles. The number of ether oxygens (including phenoxy) is 1. The molecule has 1 fully saturated rings. The quantitative estimate of drug-likeness (QED) is 0.839. The van der Waals surface area contributed by atoms with Crippen molar-refractivity contribution in [3.05, 3.63) is 42.1 Å². The number of benzene rings is 1. The smallest absolute Gasteiger partial charge is 0.110 e. The topological polar surface area (TPSA) is 38.1 Å². The van der Waals surface area contributed by atoms with Gasteiger partial charge in [0.05, 0.1) is 24.6 Å². The largest absolute Gasteiger partial charge is 0.370 e. The SMILES string of the molecule is CC1(C)CC([NH+]2CCOCC2)=C/C(=N\Nc2ccccc2)C1. The maximum absolute atomic E-state index is 5.48. The van der Waals surface area contributed by atoms with Crippen LogP contribution < -0.4 is 10.3 Å². The average molecular weight is 300 g/mol. The molecule has 1 aliphatic heterocycles. The van der Waals surface area contributed by atoms with Crippen molar-refractivity contribution >= 4 is 11.4 Å². The van der Waals surface area contributed by atoms with E-state index in [4.69, 9.17) is 4.74 Å². The first-order chi connectivity index (χ1) is 10.6. The fraction of sp³-hybridized carbons (Fsp3) is 0.500. The van der Waals surface area contributed by atoms with Gasteiger partial charge in [-0.25, -0.2) is 0 Å². The fourth-order valence-electron chi connectivity index (χ4n) is 3.26. The maximum atomic E-state index is 5.48. The first-order valence-corrected chi connectivity index (χ1v) is 8.13. The molecule has 0 unspecified atom stereocenters. The van der Waals surface area contributed by atoms with Crippen LogP contribution in [0.5, 0.6) is 0 Å². The molecule has 2 aliphatic rings. The van der Waals surface area contributed by atoms with Crippen LogP contribution in [-0.2, 0) is 4.74 Å². The van der Waals surface area contributed by atoms with Crippen LogP contribution in [0.4, 0.5) is 5.69 Å². The van der Waals surface area contributed by atoms with Crippen molar-refractivity contribution in [3.63, 3.8) is 0 Å². The molecular weight excluding hydrogens is 274 g/mol. The highest BCUT2D eigenvalue weighted by Gasteiger charge is 2.32. The van der Waals surface area contributed by atoms with E-state index in [0.29, 0.717) is 0 Å². The Morgan fingerprint density at radius 2 is 1.82 bits per heavy atom. The number of hydrazone groups is 1. The number of hydrogen-bond acceptors (Lipinski definition) is 3. The zero-order valence-electron chi connectivity index (χ0n) is 13.6. The number of nitrogens with zero attached hydrogens (tertiary/aromatic N) is 1. The van der Waals surface area contributed by atoms with Gasteiger partial charge in [0, 0.05) is 12.5 Å². The Kier molecular flexibility index (Phi) is 4.60. The normalized spacial score (nSPS) is 24.1. The summed E-state index contributed by atoms with van der Waals surface area (Å²) < 4.78 is 5.48. The summed E-state index contributed by atoms with van der Waals surface area (Å²) in [4.78, 5) is 1.56. The lowest BCUT2D eigenvalue weighted by Gasteiger charge is -2.34. The van der Waals surface area contributed by atoms with E-state index in [-0.39, 0.29) is 5.41 Å². The van der Waals surface area contributed by atoms with Gasteiger partial charge in [0.1, 0.15) is 18.8 Å². The monoisotopic (exact) mass is 300 g/mol. The molecule has 2 N–H and O–H groups in total. The van der Waals surface area contributed by atoms with Gasteiger partial charge in [0.25, 0.3) is 0 Å². The van der Waals surface area contributed by atoms with Gasteiger partial charge in [-0.1, -0.05) is 32.0 Å². The summed E-state index contributed by atoms with van der Waals surface area (Å²) >= 11 is 0. The molecule has 1 heterocycles. The van der Waals surface area contributed by atoms with Crippen LogP contribution >= 0.6 is 0 Å². The number of rotatable bonds is 3. The molecule has 0 aromatic heterocycles. The van der Waals surface area contributed by atoms with Gasteiger partial charge in [-0.2, -0.15) is 5.10 Å². The standard InChI is InChI=1S/C18H25N3O/c1-18(2)13-16(20-19-15-6-4-3-5-7-15)12-17(14-18)21-8-10-22-11-9-21/h3-7,12,19H,8-11,13-14H2,1-2H3/p+1/b20-16+. The van der Waals surface area contributed by atoms with Crippen LogP contribution in [0.15, 0.2) is 47.2 Å². The highest BCUT2D eigenvalue weighted by molar-refractivity contribution is 5.97. The molecule has 0 saturated carbocycles. The molecule has 1 saturated heterocycles. The zero-order chi connectivity index (χ0) is 15.4. The summed E-state index contributed by atoms with van der Waals surface area (Å²) in [5.41, 5.74) is 7.12. The van der Waals surface area contributed by atoms with Crippen molar-refractivity contribution in [3.8, 4) is 0 Å². The van der Waals surface area contributed by atoms with Crippen molar-refractivity contribution in [2.24, 2.45) is 10.5 Å². The third-order valence-corrected chi connectivity index (χ3v) is 4.32. The van der Waals surface area contributed by atoms with Crippen LogP contribution in [0.3, 0.4) is 0 Å². The van der Waals surface area contributed by atoms with Crippen LogP contribution in [0.25, 0.3) is 0 Å². The Hall–Kier alpha value is -1.65. The van der Waals surface area contributed by atoms with Crippen molar-refractivity contribution in [1.82, 2.24) is 0 Å². The summed E-state index contributed by atoms with van der Waals surface area (Å²) in [6, 6.07) is 10.1. The van der Waals surface area contributed by atoms with Crippen LogP contribution in [0.1, 0.15) is 26.7 Å². The molecule has 1 aromatic rings. The molecule has 118 valence electrons. The molecule has 0 amide bonds. The number of quaternary nitrogens is 1. The van der Waals surface area contributed by atoms with E-state index in [9.17, 15) is 0 Å². The van der Waals surface area contributed by atoms with Gasteiger partial charge in [-0.05, 0) is 24.0 Å². The molecule has 0 bridgehead atoms. The van der Waals surface area contributed by atoms with Crippen LogP contribution in [0, 0.1) is 5.41 Å². The van der Waals surface area contributed by atoms with Crippen molar-refractivity contribution in [2.45, 2.75) is 26.7 Å². The average Bonchev–Trinajstić information content (AvgIpc) is 2.53. The first-order valence-electron chi connectivity index (χ1n) is 8.13. The number of hydrogen-bond donors (Lipinski definition) is 2. The molecular formula is C18H26N3O+. The van der Waals surface area contributed by atoms with Crippen molar-refractivity contribution in [1.29, 1.82) is 0 Å². The Morgan fingerprint density at radius 3 is 2.55 bits per heavy atom. The summed E-state index contributed by atoms with van der Waals surface area (Å²) in [7, 11) is 0. The molecule has 3 rings (SSSR count). The summed E-state index contributed by atoms with van der Waals surface area (Å²) in [5.74, 6) is 0. The van der Waals surface area contributed by atoms with E-state index < -0.39 is 0 Å². The summed E-state index contributed by atoms with van der Waals surface area (Å²) in [6.07, 6.45) is 4.45. The summed E-state index contributed by atoms with van der Waals surface area (Å²) in [6.45, 7) is 8.53. The van der Waals surface area contributed by atoms with Gasteiger partial charge in [0.15, 0.2) is 0 Å². The Morgan fingerprint density at radius 1 is 1.09 bits per heavy atom. The minimum absolute atomic E-state index is 0.270. The molecule has 0 radical (unpaired) electrons. The highest BCUT2D eigenvalue weighted by atomic mass is 16.5. The van der Waals surface area contributed by atoms with Gasteiger partial charge in [-0.3, -0.25) is 5.43 Å². The second kappa shape index (κ2) is 6.63. The molecule has 1 aromatic carbocycles. The molecule has 4 nitrogen and oxygen atoms in total. The van der Waals surface area contributed by atoms with E-state index in [1.54, 1.807) is 4.90 Å². The molecule has 4 heteroatoms. The third-order valence-electron chi connectivity index (χ3n) is 4.32. The zero-order valence-corrected chi connectivity index (χ0v) is 13.6. The second-order valence-electron chi connectivity index (χ2n) is 6.98. The minimum atomic E-state index is 0.270. The van der Waals surface area contributed by atoms with E-state index >= 15 is 0 Å². The van der Waals surface area contributed by atoms with E-state index in [1.165, 1.54) is 5.70 Å². The lowest BCUT2D eigenvalue weighted by Crippen LogP contribution is -3.12. The number of allylic oxidation sites excluding steroid dienone is 2. The molecule has 0 atom stereocenters. The number of nitrogens with one attached hydrogen (secondary N) is 2. The Balaban J connectivity index is 1.76. The van der Waals surface area contributed by atoms with E-state index in [2.05, 4.69) is 30.5 Å². The number of para-hydroxylation sites is 1. The van der Waals surface area contributed by atoms with Gasteiger partial charge in [-0.15, -0.1) is 0 Å². The fourth-order valence-corrected chi connectivity index (χ4v) is 3.26. The highest BCUT2D eigenvalue weighted by Crippen LogP contribution is 2.32. The predicted octanol–water partition coefficient (Wildman–Crippen LogP) is 2.07. The van der Waals surface area contributed by atoms with E-state index in [1.807, 2.05) is 30.3 Å². The third kappa shape index (κ3) is 3.96. The number of anilines is 1. The first kappa shape index (κ1) is 15.3.